The summed E-state index contributed by atoms with van der Waals surface area (Å²) in [7, 11) is 0. The van der Waals surface area contributed by atoms with E-state index in [9.17, 15) is 4.79 Å². The van der Waals surface area contributed by atoms with E-state index in [1.807, 2.05) is 0 Å². The van der Waals surface area contributed by atoms with Crippen molar-refractivity contribution in [3.63, 3.8) is 0 Å². The summed E-state index contributed by atoms with van der Waals surface area (Å²) in [6, 6.07) is 5.23. The lowest BCUT2D eigenvalue weighted by molar-refractivity contribution is -0.865. The smallest absolute Gasteiger partial charge is 0.375 e. The Morgan fingerprint density at radius 1 is 1.19 bits per heavy atom. The van der Waals surface area contributed by atoms with Crippen molar-refractivity contribution >= 4 is 17.3 Å². The second-order valence-electron chi connectivity index (χ2n) is 8.48. The summed E-state index contributed by atoms with van der Waals surface area (Å²) in [5.74, 6) is 0.00969. The Morgan fingerprint density at radius 2 is 1.93 bits per heavy atom. The van der Waals surface area contributed by atoms with E-state index in [0.29, 0.717) is 22.4 Å². The van der Waals surface area contributed by atoms with Crippen LogP contribution in [0.15, 0.2) is 41.7 Å². The van der Waals surface area contributed by atoms with Gasteiger partial charge in [0.25, 0.3) is 0 Å². The van der Waals surface area contributed by atoms with Crippen LogP contribution in [0.3, 0.4) is 0 Å². The number of nitrogen functional groups attached to an aromatic ring is 2. The number of anilines is 2. The molecule has 2 heterocycles. The molecule has 6 N–H and O–H groups in total. The summed E-state index contributed by atoms with van der Waals surface area (Å²) in [6.45, 7) is 6.32. The first-order valence-electron chi connectivity index (χ1n) is 9.85. The van der Waals surface area contributed by atoms with E-state index < -0.39 is 0 Å². The zero-order valence-electron chi connectivity index (χ0n) is 16.2. The molecule has 144 valence electrons. The van der Waals surface area contributed by atoms with Crippen LogP contribution in [0.2, 0.25) is 0 Å². The summed E-state index contributed by atoms with van der Waals surface area (Å²) >= 11 is 0. The maximum atomic E-state index is 13.6. The molecule has 1 spiro atoms. The molecule has 0 radical (unpaired) electrons. The van der Waals surface area contributed by atoms with Gasteiger partial charge in [0.1, 0.15) is 6.04 Å². The van der Waals surface area contributed by atoms with Crippen LogP contribution >= 0.6 is 0 Å². The van der Waals surface area contributed by atoms with Crippen LogP contribution in [0.25, 0.3) is 0 Å². The first-order valence-corrected chi connectivity index (χ1v) is 9.85. The number of rotatable bonds is 2. The number of allylic oxidation sites excluding steroid dienone is 2. The largest absolute Gasteiger partial charge is 0.397 e. The van der Waals surface area contributed by atoms with Gasteiger partial charge in [-0.15, -0.1) is 4.59 Å². The number of nitrogens with one attached hydrogen (secondary N) is 2. The molecule has 1 amide bonds. The summed E-state index contributed by atoms with van der Waals surface area (Å²) in [5.41, 5.74) is 19.5. The predicted molar refractivity (Wildman–Crippen MR) is 108 cm³/mol. The number of hydrogen-bond acceptors (Lipinski definition) is 5. The van der Waals surface area contributed by atoms with Gasteiger partial charge in [-0.1, -0.05) is 0 Å². The van der Waals surface area contributed by atoms with E-state index in [1.54, 1.807) is 18.2 Å². The van der Waals surface area contributed by atoms with E-state index in [4.69, 9.17) is 11.5 Å². The topological polar surface area (TPSA) is 93.2 Å². The van der Waals surface area contributed by atoms with Crippen molar-refractivity contribution in [1.82, 2.24) is 10.7 Å². The first kappa shape index (κ1) is 18.1. The number of nitrogens with zero attached hydrogens (tertiary/aromatic N) is 1. The summed E-state index contributed by atoms with van der Waals surface area (Å²) in [4.78, 5) is 13.6. The van der Waals surface area contributed by atoms with Crippen molar-refractivity contribution in [2.45, 2.75) is 45.6 Å². The van der Waals surface area contributed by atoms with Crippen LogP contribution in [0.4, 0.5) is 11.4 Å². The summed E-state index contributed by atoms with van der Waals surface area (Å²) < 4.78 is 0.118. The minimum atomic E-state index is 0.00969. The standard InChI is InChI=1S/C21H29N5O/c1-14(2)26(20(27)15-3-4-17(22)18(23)11-15)19-5-6-21(7-9-24-10-8-21)12-16(19)13-25-26/h3-5,11,13-14,24-25H,6-10,12,23H2,1-2H3,(H-,22,27)/p+1. The van der Waals surface area contributed by atoms with Crippen molar-refractivity contribution in [1.29, 1.82) is 0 Å². The maximum absolute atomic E-state index is 13.6. The SMILES string of the molecule is CC(C)[N+]1(C(=O)c2ccc(N)c(N)c2)NC=C2CC3(CC=C21)CCNCC3. The van der Waals surface area contributed by atoms with Gasteiger partial charge in [-0.25, -0.2) is 10.2 Å². The highest BCUT2D eigenvalue weighted by Crippen LogP contribution is 2.49. The first-order chi connectivity index (χ1) is 12.9. The van der Waals surface area contributed by atoms with Crippen molar-refractivity contribution in [2.75, 3.05) is 24.6 Å². The highest BCUT2D eigenvalue weighted by Gasteiger charge is 2.53. The number of nitrogens with two attached hydrogens (primary N) is 2. The number of piperidine rings is 1. The minimum Gasteiger partial charge on any atom is -0.397 e. The van der Waals surface area contributed by atoms with Gasteiger partial charge in [-0.05, 0) is 82.3 Å². The normalized spacial score (nSPS) is 26.3. The number of hydrogen-bond donors (Lipinski definition) is 4. The molecule has 1 aromatic carbocycles. The van der Waals surface area contributed by atoms with Crippen LogP contribution in [0.5, 0.6) is 0 Å². The zero-order valence-corrected chi connectivity index (χ0v) is 16.2. The average Bonchev–Trinajstić information content (AvgIpc) is 3.03. The van der Waals surface area contributed by atoms with E-state index in [1.165, 1.54) is 18.4 Å². The lowest BCUT2D eigenvalue weighted by Gasteiger charge is -2.42. The summed E-state index contributed by atoms with van der Waals surface area (Å²) in [6.07, 6.45) is 8.83. The molecule has 3 aliphatic rings. The molecule has 0 saturated carbocycles. The third-order valence-electron chi connectivity index (χ3n) is 6.54. The lowest BCUT2D eigenvalue weighted by atomic mass is 9.68. The van der Waals surface area contributed by atoms with Gasteiger partial charge < -0.3 is 16.8 Å². The Kier molecular flexibility index (Phi) is 4.28. The van der Waals surface area contributed by atoms with Crippen molar-refractivity contribution in [3.8, 4) is 0 Å². The average molecular weight is 369 g/mol. The molecule has 6 heteroatoms. The van der Waals surface area contributed by atoms with Gasteiger partial charge in [0, 0.05) is 5.57 Å². The molecule has 0 aromatic heterocycles. The van der Waals surface area contributed by atoms with Crippen molar-refractivity contribution < 1.29 is 9.39 Å². The molecule has 1 atom stereocenters. The number of fused-ring (bicyclic) bond motifs is 1. The fourth-order valence-corrected chi connectivity index (χ4v) is 4.83. The van der Waals surface area contributed by atoms with Crippen LogP contribution in [-0.2, 0) is 0 Å². The lowest BCUT2D eigenvalue weighted by Crippen LogP contribution is -2.61. The Labute approximate surface area is 160 Å². The molecule has 4 rings (SSSR count). The molecular weight excluding hydrogens is 338 g/mol. The fraction of sp³-hybridized carbons (Fsp3) is 0.476. The van der Waals surface area contributed by atoms with E-state index in [0.717, 1.165) is 31.6 Å². The summed E-state index contributed by atoms with van der Waals surface area (Å²) in [5, 5.41) is 3.46. The Balaban J connectivity index is 1.71. The fourth-order valence-electron chi connectivity index (χ4n) is 4.83. The number of carbonyl (C=O) groups excluding carboxylic acids is 1. The number of quaternary nitrogens is 1. The molecular formula is C21H30N5O+. The Bertz CT molecular complexity index is 835. The van der Waals surface area contributed by atoms with Gasteiger partial charge >= 0.3 is 5.91 Å². The number of carbonyl (C=O) groups is 1. The predicted octanol–water partition coefficient (Wildman–Crippen LogP) is 2.67. The quantitative estimate of drug-likeness (QED) is 0.476. The molecule has 1 unspecified atom stereocenters. The van der Waals surface area contributed by atoms with Crippen LogP contribution in [0, 0.1) is 5.41 Å². The Morgan fingerprint density at radius 3 is 2.59 bits per heavy atom. The second kappa shape index (κ2) is 6.39. The number of amides is 1. The van der Waals surface area contributed by atoms with Crippen LogP contribution in [-0.4, -0.2) is 29.6 Å². The van der Waals surface area contributed by atoms with E-state index in [2.05, 4.69) is 36.9 Å². The van der Waals surface area contributed by atoms with Gasteiger partial charge in [-0.3, -0.25) is 0 Å². The molecule has 2 aliphatic heterocycles. The van der Waals surface area contributed by atoms with Crippen molar-refractivity contribution in [3.05, 3.63) is 47.3 Å². The number of benzene rings is 1. The maximum Gasteiger partial charge on any atom is 0.375 e. The molecule has 1 saturated heterocycles. The van der Waals surface area contributed by atoms with Crippen LogP contribution < -0.4 is 22.2 Å². The van der Waals surface area contributed by atoms with Gasteiger partial charge in [0.05, 0.1) is 23.1 Å². The third-order valence-corrected chi connectivity index (χ3v) is 6.54. The van der Waals surface area contributed by atoms with E-state index >= 15 is 0 Å². The van der Waals surface area contributed by atoms with Crippen LogP contribution in [0.1, 0.15) is 49.9 Å². The van der Waals surface area contributed by atoms with Crippen molar-refractivity contribution in [2.24, 2.45) is 5.41 Å². The molecule has 6 nitrogen and oxygen atoms in total. The minimum absolute atomic E-state index is 0.00969. The van der Waals surface area contributed by atoms with Gasteiger partial charge in [-0.2, -0.15) is 0 Å². The highest BCUT2D eigenvalue weighted by atomic mass is 16.2. The molecule has 1 aliphatic carbocycles. The molecule has 1 fully saturated rings. The highest BCUT2D eigenvalue weighted by molar-refractivity contribution is 5.92. The van der Waals surface area contributed by atoms with Gasteiger partial charge in [0.2, 0.25) is 0 Å². The zero-order chi connectivity index (χ0) is 19.2. The monoisotopic (exact) mass is 368 g/mol. The molecule has 27 heavy (non-hydrogen) atoms. The Hall–Kier alpha value is -2.31. The molecule has 0 bridgehead atoms. The van der Waals surface area contributed by atoms with Gasteiger partial charge in [0.15, 0.2) is 5.70 Å². The second-order valence-corrected chi connectivity index (χ2v) is 8.48. The van der Waals surface area contributed by atoms with E-state index in [-0.39, 0.29) is 16.5 Å². The third kappa shape index (κ3) is 2.75. The molecule has 1 aromatic rings.